The summed E-state index contributed by atoms with van der Waals surface area (Å²) < 4.78 is 5.65. The first kappa shape index (κ1) is 20.4. The SMILES string of the molecule is Cc1cc(C)c(NC(=O)CN(C)C(=O)C[C@H]2Oc3ccccc3NC2=O)c(C)c1. The second-order valence-electron chi connectivity index (χ2n) is 7.37. The molecule has 1 heterocycles. The number of rotatable bonds is 5. The minimum absolute atomic E-state index is 0.115. The molecule has 0 aliphatic carbocycles. The van der Waals surface area contributed by atoms with E-state index in [1.807, 2.05) is 32.9 Å². The van der Waals surface area contributed by atoms with E-state index in [0.717, 1.165) is 22.4 Å². The molecule has 0 bridgehead atoms. The minimum Gasteiger partial charge on any atom is -0.478 e. The fourth-order valence-corrected chi connectivity index (χ4v) is 3.40. The molecule has 1 aliphatic heterocycles. The molecule has 2 aromatic carbocycles. The topological polar surface area (TPSA) is 87.7 Å². The summed E-state index contributed by atoms with van der Waals surface area (Å²) in [6.45, 7) is 5.75. The van der Waals surface area contributed by atoms with Crippen LogP contribution in [0.5, 0.6) is 5.75 Å². The van der Waals surface area contributed by atoms with E-state index in [4.69, 9.17) is 4.74 Å². The Kier molecular flexibility index (Phi) is 5.87. The Morgan fingerprint density at radius 1 is 1.14 bits per heavy atom. The zero-order chi connectivity index (χ0) is 21.1. The lowest BCUT2D eigenvalue weighted by Crippen LogP contribution is -2.43. The van der Waals surface area contributed by atoms with Crippen LogP contribution in [-0.4, -0.2) is 42.3 Å². The Labute approximate surface area is 170 Å². The second kappa shape index (κ2) is 8.34. The predicted molar refractivity (Wildman–Crippen MR) is 111 cm³/mol. The molecule has 2 N–H and O–H groups in total. The highest BCUT2D eigenvalue weighted by atomic mass is 16.5. The van der Waals surface area contributed by atoms with Crippen molar-refractivity contribution >= 4 is 29.1 Å². The average molecular weight is 395 g/mol. The molecule has 3 rings (SSSR count). The Morgan fingerprint density at radius 2 is 1.79 bits per heavy atom. The van der Waals surface area contributed by atoms with Crippen LogP contribution in [0.3, 0.4) is 0 Å². The molecular formula is C22H25N3O4. The molecule has 7 nitrogen and oxygen atoms in total. The molecule has 29 heavy (non-hydrogen) atoms. The number of ether oxygens (including phenoxy) is 1. The molecule has 3 amide bonds. The van der Waals surface area contributed by atoms with Gasteiger partial charge in [0.05, 0.1) is 18.7 Å². The van der Waals surface area contributed by atoms with Crippen LogP contribution < -0.4 is 15.4 Å². The number of hydrogen-bond donors (Lipinski definition) is 2. The Hall–Kier alpha value is -3.35. The number of carbonyl (C=O) groups is 3. The van der Waals surface area contributed by atoms with Crippen LogP contribution >= 0.6 is 0 Å². The maximum absolute atomic E-state index is 12.5. The predicted octanol–water partition coefficient (Wildman–Crippen LogP) is 2.80. The first-order chi connectivity index (χ1) is 13.7. The third-order valence-corrected chi connectivity index (χ3v) is 4.81. The number of fused-ring (bicyclic) bond motifs is 1. The Morgan fingerprint density at radius 3 is 2.48 bits per heavy atom. The lowest BCUT2D eigenvalue weighted by atomic mass is 10.1. The average Bonchev–Trinajstić information content (AvgIpc) is 2.65. The first-order valence-electron chi connectivity index (χ1n) is 9.43. The second-order valence-corrected chi connectivity index (χ2v) is 7.37. The summed E-state index contributed by atoms with van der Waals surface area (Å²) in [5.74, 6) is -0.497. The van der Waals surface area contributed by atoms with Crippen LogP contribution in [0.1, 0.15) is 23.1 Å². The summed E-state index contributed by atoms with van der Waals surface area (Å²) in [5, 5.41) is 5.60. The zero-order valence-corrected chi connectivity index (χ0v) is 17.0. The summed E-state index contributed by atoms with van der Waals surface area (Å²) >= 11 is 0. The standard InChI is InChI=1S/C22H25N3O4/c1-13-9-14(2)21(15(3)10-13)24-19(26)12-25(4)20(27)11-18-22(28)23-16-7-5-6-8-17(16)29-18/h5-10,18H,11-12H2,1-4H3,(H,23,28)(H,24,26)/t18-/m1/s1. The van der Waals surface area contributed by atoms with Crippen molar-refractivity contribution in [2.75, 3.05) is 24.2 Å². The van der Waals surface area contributed by atoms with Crippen LogP contribution in [0, 0.1) is 20.8 Å². The largest absolute Gasteiger partial charge is 0.478 e. The van der Waals surface area contributed by atoms with Crippen LogP contribution in [-0.2, 0) is 14.4 Å². The smallest absolute Gasteiger partial charge is 0.266 e. The number of para-hydroxylation sites is 2. The molecule has 0 unspecified atom stereocenters. The van der Waals surface area contributed by atoms with Crippen molar-refractivity contribution < 1.29 is 19.1 Å². The van der Waals surface area contributed by atoms with Crippen molar-refractivity contribution in [2.24, 2.45) is 0 Å². The molecule has 1 aliphatic rings. The summed E-state index contributed by atoms with van der Waals surface area (Å²) in [6, 6.07) is 11.0. The lowest BCUT2D eigenvalue weighted by molar-refractivity contribution is -0.137. The molecule has 2 aromatic rings. The third kappa shape index (κ3) is 4.74. The van der Waals surface area contributed by atoms with Crippen molar-refractivity contribution in [3.8, 4) is 5.75 Å². The van der Waals surface area contributed by atoms with Crippen molar-refractivity contribution in [3.05, 3.63) is 53.1 Å². The van der Waals surface area contributed by atoms with Gasteiger partial charge < -0.3 is 20.3 Å². The fraction of sp³-hybridized carbons (Fsp3) is 0.318. The van der Waals surface area contributed by atoms with Crippen molar-refractivity contribution in [2.45, 2.75) is 33.3 Å². The third-order valence-electron chi connectivity index (χ3n) is 4.81. The monoisotopic (exact) mass is 395 g/mol. The summed E-state index contributed by atoms with van der Waals surface area (Å²) in [4.78, 5) is 38.4. The first-order valence-corrected chi connectivity index (χ1v) is 9.43. The normalized spacial score (nSPS) is 15.0. The quantitative estimate of drug-likeness (QED) is 0.815. The number of aryl methyl sites for hydroxylation is 3. The van der Waals surface area contributed by atoms with Gasteiger partial charge in [-0.25, -0.2) is 0 Å². The number of hydrogen-bond acceptors (Lipinski definition) is 4. The van der Waals surface area contributed by atoms with Gasteiger partial charge in [0.25, 0.3) is 5.91 Å². The highest BCUT2D eigenvalue weighted by molar-refractivity contribution is 6.00. The van der Waals surface area contributed by atoms with Crippen molar-refractivity contribution in [1.29, 1.82) is 0 Å². The van der Waals surface area contributed by atoms with Crippen molar-refractivity contribution in [3.63, 3.8) is 0 Å². The van der Waals surface area contributed by atoms with Gasteiger partial charge in [-0.1, -0.05) is 29.8 Å². The van der Waals surface area contributed by atoms with Gasteiger partial charge in [-0.15, -0.1) is 0 Å². The molecule has 0 saturated heterocycles. The van der Waals surface area contributed by atoms with Gasteiger partial charge in [-0.3, -0.25) is 14.4 Å². The molecule has 1 atom stereocenters. The number of nitrogens with one attached hydrogen (secondary N) is 2. The minimum atomic E-state index is -0.926. The number of anilines is 2. The maximum Gasteiger partial charge on any atom is 0.266 e. The molecule has 0 aromatic heterocycles. The van der Waals surface area contributed by atoms with Gasteiger partial charge in [-0.2, -0.15) is 0 Å². The lowest BCUT2D eigenvalue weighted by Gasteiger charge is -2.26. The fourth-order valence-electron chi connectivity index (χ4n) is 3.40. The molecule has 0 spiro atoms. The van der Waals surface area contributed by atoms with Crippen LogP contribution in [0.2, 0.25) is 0 Å². The molecule has 0 fully saturated rings. The van der Waals surface area contributed by atoms with Crippen LogP contribution in [0.4, 0.5) is 11.4 Å². The van der Waals surface area contributed by atoms with Gasteiger partial charge >= 0.3 is 0 Å². The van der Waals surface area contributed by atoms with E-state index in [9.17, 15) is 14.4 Å². The van der Waals surface area contributed by atoms with Crippen LogP contribution in [0.25, 0.3) is 0 Å². The molecule has 152 valence electrons. The van der Waals surface area contributed by atoms with E-state index in [2.05, 4.69) is 10.6 Å². The van der Waals surface area contributed by atoms with E-state index >= 15 is 0 Å². The van der Waals surface area contributed by atoms with Gasteiger partial charge in [0.1, 0.15) is 5.75 Å². The number of likely N-dealkylation sites (N-methyl/N-ethyl adjacent to an activating group) is 1. The molecule has 7 heteroatoms. The summed E-state index contributed by atoms with van der Waals surface area (Å²) in [7, 11) is 1.53. The van der Waals surface area contributed by atoms with E-state index < -0.39 is 6.10 Å². The zero-order valence-electron chi connectivity index (χ0n) is 17.0. The number of benzene rings is 2. The summed E-state index contributed by atoms with van der Waals surface area (Å²) in [6.07, 6.45) is -1.07. The maximum atomic E-state index is 12.5. The summed E-state index contributed by atoms with van der Waals surface area (Å²) in [5.41, 5.74) is 4.40. The van der Waals surface area contributed by atoms with Gasteiger partial charge in [0.2, 0.25) is 11.8 Å². The Bertz CT molecular complexity index is 947. The molecule has 0 saturated carbocycles. The highest BCUT2D eigenvalue weighted by Gasteiger charge is 2.30. The number of carbonyl (C=O) groups excluding carboxylic acids is 3. The molecular weight excluding hydrogens is 370 g/mol. The molecule has 0 radical (unpaired) electrons. The van der Waals surface area contributed by atoms with E-state index in [-0.39, 0.29) is 30.7 Å². The number of nitrogens with zero attached hydrogens (tertiary/aromatic N) is 1. The van der Waals surface area contributed by atoms with Crippen LogP contribution in [0.15, 0.2) is 36.4 Å². The van der Waals surface area contributed by atoms with E-state index in [0.29, 0.717) is 11.4 Å². The van der Waals surface area contributed by atoms with E-state index in [1.165, 1.54) is 11.9 Å². The van der Waals surface area contributed by atoms with E-state index in [1.54, 1.807) is 24.3 Å². The van der Waals surface area contributed by atoms with Gasteiger partial charge in [-0.05, 0) is 44.0 Å². The van der Waals surface area contributed by atoms with Gasteiger partial charge in [0, 0.05) is 12.7 Å². The van der Waals surface area contributed by atoms with Crippen molar-refractivity contribution in [1.82, 2.24) is 4.90 Å². The highest BCUT2D eigenvalue weighted by Crippen LogP contribution is 2.29. The number of amides is 3. The van der Waals surface area contributed by atoms with Gasteiger partial charge in [0.15, 0.2) is 6.10 Å². The Balaban J connectivity index is 1.58.